The first-order valence-corrected chi connectivity index (χ1v) is 11.3. The van der Waals surface area contributed by atoms with Gasteiger partial charge in [-0.05, 0) is 68.8 Å². The predicted octanol–water partition coefficient (Wildman–Crippen LogP) is 4.99. The molecular formula is C22H22ClN5OS. The van der Waals surface area contributed by atoms with E-state index < -0.39 is 0 Å². The third-order valence-electron chi connectivity index (χ3n) is 5.60. The molecule has 1 aliphatic rings. The summed E-state index contributed by atoms with van der Waals surface area (Å²) in [5, 5.41) is 4.31. The topological polar surface area (TPSA) is 73.9 Å². The number of carbonyl (C=O) groups is 1. The largest absolute Gasteiger partial charge is 0.341 e. The minimum Gasteiger partial charge on any atom is -0.341 e. The van der Waals surface area contributed by atoms with Gasteiger partial charge in [0.25, 0.3) is 0 Å². The average molecular weight is 440 g/mol. The van der Waals surface area contributed by atoms with E-state index in [0.29, 0.717) is 10.2 Å². The summed E-state index contributed by atoms with van der Waals surface area (Å²) >= 11 is 7.50. The Balaban J connectivity index is 1.18. The number of carbonyl (C=O) groups excluding carboxylic acids is 1. The molecule has 8 heteroatoms. The van der Waals surface area contributed by atoms with Crippen molar-refractivity contribution < 1.29 is 4.79 Å². The monoisotopic (exact) mass is 439 g/mol. The van der Waals surface area contributed by atoms with Crippen LogP contribution in [0.4, 0.5) is 5.13 Å². The van der Waals surface area contributed by atoms with Crippen LogP contribution in [0.3, 0.4) is 0 Å². The number of thiazole rings is 1. The SMILES string of the molecule is Cc1ccc2nc(CN3CCC(C(=O)Nc4nc5ccc(Cl)cc5s4)CC3)[nH]c2c1. The van der Waals surface area contributed by atoms with Crippen LogP contribution in [0.1, 0.15) is 24.2 Å². The third-order valence-corrected chi connectivity index (χ3v) is 6.77. The number of hydrogen-bond donors (Lipinski definition) is 2. The minimum absolute atomic E-state index is 0.00942. The summed E-state index contributed by atoms with van der Waals surface area (Å²) in [6, 6.07) is 11.8. The summed E-state index contributed by atoms with van der Waals surface area (Å²) in [6.45, 7) is 4.62. The highest BCUT2D eigenvalue weighted by atomic mass is 35.5. The van der Waals surface area contributed by atoms with E-state index in [0.717, 1.165) is 59.6 Å². The fraction of sp³-hybridized carbons (Fsp3) is 0.318. The third kappa shape index (κ3) is 4.05. The van der Waals surface area contributed by atoms with Crippen LogP contribution >= 0.6 is 22.9 Å². The lowest BCUT2D eigenvalue weighted by Gasteiger charge is -2.30. The highest BCUT2D eigenvalue weighted by molar-refractivity contribution is 7.22. The van der Waals surface area contributed by atoms with Gasteiger partial charge in [-0.15, -0.1) is 0 Å². The number of fused-ring (bicyclic) bond motifs is 2. The number of aromatic nitrogens is 3. The summed E-state index contributed by atoms with van der Waals surface area (Å²) in [4.78, 5) is 27.7. The number of aromatic amines is 1. The van der Waals surface area contributed by atoms with Crippen molar-refractivity contribution in [1.82, 2.24) is 19.9 Å². The van der Waals surface area contributed by atoms with E-state index in [-0.39, 0.29) is 11.8 Å². The van der Waals surface area contributed by atoms with Crippen molar-refractivity contribution in [2.45, 2.75) is 26.3 Å². The molecule has 0 bridgehead atoms. The van der Waals surface area contributed by atoms with Gasteiger partial charge >= 0.3 is 0 Å². The number of benzene rings is 2. The normalized spacial score (nSPS) is 15.8. The molecule has 1 amide bonds. The van der Waals surface area contributed by atoms with Gasteiger partial charge < -0.3 is 10.3 Å². The molecule has 0 aliphatic carbocycles. The standard InChI is InChI=1S/C22H22ClN5OS/c1-13-2-4-16-18(10-13)25-20(24-16)12-28-8-6-14(7-9-28)21(29)27-22-26-17-5-3-15(23)11-19(17)30-22/h2-5,10-11,14H,6-9,12H2,1H3,(H,24,25)(H,26,27,29). The van der Waals surface area contributed by atoms with Gasteiger partial charge in [-0.2, -0.15) is 0 Å². The second-order valence-corrected chi connectivity index (χ2v) is 9.34. The van der Waals surface area contributed by atoms with Crippen molar-refractivity contribution in [2.24, 2.45) is 5.92 Å². The van der Waals surface area contributed by atoms with Crippen LogP contribution in [-0.4, -0.2) is 38.8 Å². The molecule has 0 saturated carbocycles. The quantitative estimate of drug-likeness (QED) is 0.470. The molecule has 2 aromatic carbocycles. The highest BCUT2D eigenvalue weighted by Gasteiger charge is 2.26. The molecule has 2 aromatic heterocycles. The summed E-state index contributed by atoms with van der Waals surface area (Å²) in [7, 11) is 0. The van der Waals surface area contributed by atoms with Gasteiger partial charge in [0.2, 0.25) is 5.91 Å². The fourth-order valence-electron chi connectivity index (χ4n) is 3.98. The summed E-state index contributed by atoms with van der Waals surface area (Å²) < 4.78 is 0.980. The Morgan fingerprint density at radius 3 is 2.83 bits per heavy atom. The number of nitrogens with zero attached hydrogens (tertiary/aromatic N) is 3. The van der Waals surface area contributed by atoms with Crippen molar-refractivity contribution in [3.63, 3.8) is 0 Å². The molecule has 5 rings (SSSR count). The smallest absolute Gasteiger partial charge is 0.229 e. The molecule has 0 spiro atoms. The summed E-state index contributed by atoms with van der Waals surface area (Å²) in [6.07, 6.45) is 1.67. The maximum Gasteiger partial charge on any atom is 0.229 e. The molecule has 4 aromatic rings. The van der Waals surface area contributed by atoms with Gasteiger partial charge in [0, 0.05) is 10.9 Å². The Morgan fingerprint density at radius 1 is 1.20 bits per heavy atom. The van der Waals surface area contributed by atoms with E-state index in [2.05, 4.69) is 45.3 Å². The number of likely N-dealkylation sites (tertiary alicyclic amines) is 1. The zero-order valence-corrected chi connectivity index (χ0v) is 18.2. The van der Waals surface area contributed by atoms with Gasteiger partial charge in [0.05, 0.1) is 27.8 Å². The lowest BCUT2D eigenvalue weighted by atomic mass is 9.96. The molecular weight excluding hydrogens is 418 g/mol. The number of aryl methyl sites for hydroxylation is 1. The van der Waals surface area contributed by atoms with E-state index >= 15 is 0 Å². The Bertz CT molecular complexity index is 1220. The van der Waals surface area contributed by atoms with E-state index in [1.54, 1.807) is 0 Å². The number of anilines is 1. The van der Waals surface area contributed by atoms with Crippen LogP contribution in [-0.2, 0) is 11.3 Å². The lowest BCUT2D eigenvalue weighted by molar-refractivity contribution is -0.121. The molecule has 2 N–H and O–H groups in total. The summed E-state index contributed by atoms with van der Waals surface area (Å²) in [5.41, 5.74) is 4.16. The minimum atomic E-state index is 0.00942. The first-order chi connectivity index (χ1) is 14.5. The number of hydrogen-bond acceptors (Lipinski definition) is 5. The van der Waals surface area contributed by atoms with Gasteiger partial charge in [-0.1, -0.05) is 29.0 Å². The van der Waals surface area contributed by atoms with Gasteiger partial charge in [0.1, 0.15) is 5.82 Å². The predicted molar refractivity (Wildman–Crippen MR) is 122 cm³/mol. The molecule has 30 heavy (non-hydrogen) atoms. The molecule has 1 saturated heterocycles. The number of rotatable bonds is 4. The van der Waals surface area contributed by atoms with Crippen molar-refractivity contribution >= 4 is 55.2 Å². The maximum atomic E-state index is 12.7. The number of imidazole rings is 1. The second-order valence-electron chi connectivity index (χ2n) is 7.87. The Hall–Kier alpha value is -2.48. The number of H-pyrrole nitrogens is 1. The molecule has 0 radical (unpaired) electrons. The molecule has 3 heterocycles. The molecule has 0 unspecified atom stereocenters. The van der Waals surface area contributed by atoms with Crippen molar-refractivity contribution in [1.29, 1.82) is 0 Å². The van der Waals surface area contributed by atoms with Gasteiger partial charge in [-0.3, -0.25) is 9.69 Å². The van der Waals surface area contributed by atoms with E-state index in [1.165, 1.54) is 16.9 Å². The number of halogens is 1. The first kappa shape index (κ1) is 19.5. The molecule has 6 nitrogen and oxygen atoms in total. The molecule has 1 fully saturated rings. The summed E-state index contributed by atoms with van der Waals surface area (Å²) in [5.74, 6) is 1.04. The number of piperidine rings is 1. The Labute approximate surface area is 183 Å². The van der Waals surface area contributed by atoms with Crippen LogP contribution < -0.4 is 5.32 Å². The van der Waals surface area contributed by atoms with Crippen molar-refractivity contribution in [2.75, 3.05) is 18.4 Å². The Kier molecular flexibility index (Phi) is 5.18. The van der Waals surface area contributed by atoms with E-state index in [9.17, 15) is 4.79 Å². The zero-order chi connectivity index (χ0) is 20.7. The fourth-order valence-corrected chi connectivity index (χ4v) is 5.12. The van der Waals surface area contributed by atoms with Crippen LogP contribution in [0.5, 0.6) is 0 Å². The number of amides is 1. The van der Waals surface area contributed by atoms with E-state index in [4.69, 9.17) is 16.6 Å². The average Bonchev–Trinajstić information content (AvgIpc) is 3.30. The lowest BCUT2D eigenvalue weighted by Crippen LogP contribution is -2.38. The highest BCUT2D eigenvalue weighted by Crippen LogP contribution is 2.29. The van der Waals surface area contributed by atoms with Crippen LogP contribution in [0.25, 0.3) is 21.3 Å². The second kappa shape index (κ2) is 7.98. The Morgan fingerprint density at radius 2 is 2.00 bits per heavy atom. The molecule has 1 aliphatic heterocycles. The maximum absolute atomic E-state index is 12.7. The van der Waals surface area contributed by atoms with Crippen molar-refractivity contribution in [3.05, 3.63) is 52.8 Å². The van der Waals surface area contributed by atoms with Gasteiger partial charge in [0.15, 0.2) is 5.13 Å². The first-order valence-electron chi connectivity index (χ1n) is 10.1. The number of nitrogens with one attached hydrogen (secondary N) is 2. The van der Waals surface area contributed by atoms with E-state index in [1.807, 2.05) is 18.2 Å². The zero-order valence-electron chi connectivity index (χ0n) is 16.6. The van der Waals surface area contributed by atoms with Crippen LogP contribution in [0, 0.1) is 12.8 Å². The van der Waals surface area contributed by atoms with Crippen LogP contribution in [0.2, 0.25) is 5.02 Å². The molecule has 0 atom stereocenters. The van der Waals surface area contributed by atoms with Crippen LogP contribution in [0.15, 0.2) is 36.4 Å². The van der Waals surface area contributed by atoms with Crippen molar-refractivity contribution in [3.8, 4) is 0 Å². The molecule has 154 valence electrons. The van der Waals surface area contributed by atoms with Gasteiger partial charge in [-0.25, -0.2) is 9.97 Å².